The minimum atomic E-state index is -0.644. The highest BCUT2D eigenvalue weighted by Crippen LogP contribution is 2.10. The number of rotatable bonds is 6. The van der Waals surface area contributed by atoms with Crippen LogP contribution in [0.3, 0.4) is 0 Å². The fourth-order valence-electron chi connectivity index (χ4n) is 0.993. The van der Waals surface area contributed by atoms with E-state index in [-0.39, 0.29) is 31.2 Å². The Morgan fingerprint density at radius 3 is 1.69 bits per heavy atom. The fourth-order valence-corrected chi connectivity index (χ4v) is 0.993. The average molecular weight is 230 g/mol. The van der Waals surface area contributed by atoms with Crippen molar-refractivity contribution >= 4 is 11.9 Å². The van der Waals surface area contributed by atoms with Crippen molar-refractivity contribution in [1.82, 2.24) is 0 Å². The van der Waals surface area contributed by atoms with Crippen LogP contribution in [0.4, 0.5) is 0 Å². The molecule has 0 radical (unpaired) electrons. The maximum absolute atomic E-state index is 11.5. The summed E-state index contributed by atoms with van der Waals surface area (Å²) in [6.07, 6.45) is 0. The number of carbonyl (C=O) groups is 2. The molecule has 0 rings (SSSR count). The van der Waals surface area contributed by atoms with Crippen molar-refractivity contribution < 1.29 is 23.8 Å². The Balaban J connectivity index is 4.90. The van der Waals surface area contributed by atoms with Gasteiger partial charge in [0, 0.05) is 0 Å². The van der Waals surface area contributed by atoms with Crippen molar-refractivity contribution in [2.45, 2.75) is 27.7 Å². The van der Waals surface area contributed by atoms with Crippen LogP contribution < -0.4 is 0 Å². The topological polar surface area (TPSA) is 61.8 Å². The molecule has 0 fully saturated rings. The van der Waals surface area contributed by atoms with Gasteiger partial charge in [-0.3, -0.25) is 0 Å². The standard InChI is InChI=1S/C11H18O5/c1-5-14-9(11(13)16-7-3)8(4)10(12)15-6-2/h5-7H2,1-4H3. The lowest BCUT2D eigenvalue weighted by molar-refractivity contribution is -0.145. The number of carbonyl (C=O) groups excluding carboxylic acids is 2. The first-order valence-corrected chi connectivity index (χ1v) is 5.26. The van der Waals surface area contributed by atoms with Gasteiger partial charge in [-0.25, -0.2) is 9.59 Å². The number of esters is 2. The van der Waals surface area contributed by atoms with Gasteiger partial charge in [0.05, 0.1) is 25.4 Å². The summed E-state index contributed by atoms with van der Waals surface area (Å²) in [5.74, 6) is -1.29. The third-order valence-corrected chi connectivity index (χ3v) is 1.67. The molecule has 0 aromatic carbocycles. The number of ether oxygens (including phenoxy) is 3. The molecule has 0 bridgehead atoms. The quantitative estimate of drug-likeness (QED) is 0.392. The van der Waals surface area contributed by atoms with E-state index in [0.29, 0.717) is 0 Å². The van der Waals surface area contributed by atoms with Crippen molar-refractivity contribution in [3.05, 3.63) is 11.3 Å². The lowest BCUT2D eigenvalue weighted by Crippen LogP contribution is -2.17. The summed E-state index contributed by atoms with van der Waals surface area (Å²) in [4.78, 5) is 22.9. The summed E-state index contributed by atoms with van der Waals surface area (Å²) >= 11 is 0. The van der Waals surface area contributed by atoms with E-state index in [1.807, 2.05) is 0 Å². The summed E-state index contributed by atoms with van der Waals surface area (Å²) in [6, 6.07) is 0. The van der Waals surface area contributed by atoms with E-state index in [0.717, 1.165) is 0 Å². The fraction of sp³-hybridized carbons (Fsp3) is 0.636. The zero-order chi connectivity index (χ0) is 12.6. The SMILES string of the molecule is CCOC(=O)C(C)=C(OCC)C(=O)OCC. The Morgan fingerprint density at radius 2 is 1.25 bits per heavy atom. The van der Waals surface area contributed by atoms with Crippen molar-refractivity contribution in [2.75, 3.05) is 19.8 Å². The van der Waals surface area contributed by atoms with Gasteiger partial charge in [0.25, 0.3) is 0 Å². The first kappa shape index (κ1) is 14.5. The number of hydrogen-bond donors (Lipinski definition) is 0. The van der Waals surface area contributed by atoms with Gasteiger partial charge in [-0.2, -0.15) is 0 Å². The van der Waals surface area contributed by atoms with Crippen LogP contribution >= 0.6 is 0 Å². The maximum Gasteiger partial charge on any atom is 0.374 e. The molecule has 5 heteroatoms. The molecule has 0 atom stereocenters. The van der Waals surface area contributed by atoms with Gasteiger partial charge in [0.1, 0.15) is 0 Å². The Kier molecular flexibility index (Phi) is 7.00. The second-order valence-electron chi connectivity index (χ2n) is 2.83. The van der Waals surface area contributed by atoms with Crippen LogP contribution in [0, 0.1) is 0 Å². The molecule has 0 aliphatic carbocycles. The summed E-state index contributed by atoms with van der Waals surface area (Å²) < 4.78 is 14.6. The zero-order valence-corrected chi connectivity index (χ0v) is 10.2. The monoisotopic (exact) mass is 230 g/mol. The predicted octanol–water partition coefficient (Wildman–Crippen LogP) is 1.42. The molecule has 0 spiro atoms. The Morgan fingerprint density at radius 1 is 0.812 bits per heavy atom. The number of hydrogen-bond acceptors (Lipinski definition) is 5. The molecule has 0 aliphatic heterocycles. The highest BCUT2D eigenvalue weighted by Gasteiger charge is 2.20. The van der Waals surface area contributed by atoms with Crippen molar-refractivity contribution in [3.63, 3.8) is 0 Å². The maximum atomic E-state index is 11.5. The van der Waals surface area contributed by atoms with E-state index in [9.17, 15) is 9.59 Å². The summed E-state index contributed by atoms with van der Waals surface area (Å²) in [7, 11) is 0. The molecule has 92 valence electrons. The van der Waals surface area contributed by atoms with Crippen LogP contribution in [0.25, 0.3) is 0 Å². The minimum Gasteiger partial charge on any atom is -0.486 e. The molecule has 0 amide bonds. The third kappa shape index (κ3) is 4.33. The molecule has 5 nitrogen and oxygen atoms in total. The minimum absolute atomic E-state index is 0.0807. The van der Waals surface area contributed by atoms with Crippen molar-refractivity contribution in [1.29, 1.82) is 0 Å². The summed E-state index contributed by atoms with van der Waals surface area (Å²) in [5, 5.41) is 0. The highest BCUT2D eigenvalue weighted by atomic mass is 16.6. The smallest absolute Gasteiger partial charge is 0.374 e. The van der Waals surface area contributed by atoms with E-state index < -0.39 is 11.9 Å². The van der Waals surface area contributed by atoms with E-state index >= 15 is 0 Å². The van der Waals surface area contributed by atoms with Crippen LogP contribution in [0.1, 0.15) is 27.7 Å². The normalized spacial score (nSPS) is 11.5. The first-order chi connectivity index (χ1) is 7.58. The molecular weight excluding hydrogens is 212 g/mol. The summed E-state index contributed by atoms with van der Waals surface area (Å²) in [5.41, 5.74) is 0.127. The lowest BCUT2D eigenvalue weighted by Gasteiger charge is -2.10. The molecule has 0 aromatic heterocycles. The highest BCUT2D eigenvalue weighted by molar-refractivity contribution is 5.98. The largest absolute Gasteiger partial charge is 0.486 e. The Labute approximate surface area is 95.4 Å². The van der Waals surface area contributed by atoms with Gasteiger partial charge in [0.2, 0.25) is 5.76 Å². The molecule has 0 N–H and O–H groups in total. The summed E-state index contributed by atoms with van der Waals surface area (Å²) in [6.45, 7) is 7.32. The van der Waals surface area contributed by atoms with Gasteiger partial charge in [-0.1, -0.05) is 0 Å². The second kappa shape index (κ2) is 7.73. The first-order valence-electron chi connectivity index (χ1n) is 5.26. The predicted molar refractivity (Wildman–Crippen MR) is 57.6 cm³/mol. The van der Waals surface area contributed by atoms with Gasteiger partial charge in [0.15, 0.2) is 0 Å². The van der Waals surface area contributed by atoms with E-state index in [2.05, 4.69) is 0 Å². The van der Waals surface area contributed by atoms with Gasteiger partial charge in [-0.15, -0.1) is 0 Å². The molecule has 0 saturated carbocycles. The van der Waals surface area contributed by atoms with E-state index in [4.69, 9.17) is 14.2 Å². The third-order valence-electron chi connectivity index (χ3n) is 1.67. The zero-order valence-electron chi connectivity index (χ0n) is 10.2. The molecule has 0 saturated heterocycles. The second-order valence-corrected chi connectivity index (χ2v) is 2.83. The molecule has 0 heterocycles. The molecular formula is C11H18O5. The Hall–Kier alpha value is -1.52. The molecule has 0 aromatic rings. The van der Waals surface area contributed by atoms with Gasteiger partial charge < -0.3 is 14.2 Å². The van der Waals surface area contributed by atoms with Crippen molar-refractivity contribution in [2.24, 2.45) is 0 Å². The van der Waals surface area contributed by atoms with Crippen LogP contribution in [0.15, 0.2) is 11.3 Å². The van der Waals surface area contributed by atoms with Crippen LogP contribution in [-0.4, -0.2) is 31.8 Å². The van der Waals surface area contributed by atoms with Gasteiger partial charge in [-0.05, 0) is 27.7 Å². The molecule has 0 unspecified atom stereocenters. The molecule has 0 aliphatic rings. The van der Waals surface area contributed by atoms with Crippen molar-refractivity contribution in [3.8, 4) is 0 Å². The van der Waals surface area contributed by atoms with E-state index in [1.165, 1.54) is 6.92 Å². The average Bonchev–Trinajstić information content (AvgIpc) is 2.25. The van der Waals surface area contributed by atoms with Crippen LogP contribution in [-0.2, 0) is 23.8 Å². The van der Waals surface area contributed by atoms with E-state index in [1.54, 1.807) is 20.8 Å². The van der Waals surface area contributed by atoms with Gasteiger partial charge >= 0.3 is 11.9 Å². The van der Waals surface area contributed by atoms with Crippen LogP contribution in [0.2, 0.25) is 0 Å². The lowest BCUT2D eigenvalue weighted by atomic mass is 10.2. The molecule has 16 heavy (non-hydrogen) atoms. The van der Waals surface area contributed by atoms with Crippen LogP contribution in [0.5, 0.6) is 0 Å². The Bertz CT molecular complexity index is 280.